The van der Waals surface area contributed by atoms with E-state index in [-0.39, 0.29) is 23.6 Å². The Labute approximate surface area is 206 Å². The van der Waals surface area contributed by atoms with Crippen LogP contribution in [0.1, 0.15) is 83.3 Å². The van der Waals surface area contributed by atoms with E-state index in [1.807, 2.05) is 17.9 Å². The van der Waals surface area contributed by atoms with E-state index in [9.17, 15) is 4.79 Å². The van der Waals surface area contributed by atoms with Gasteiger partial charge in [-0.1, -0.05) is 69.4 Å². The highest BCUT2D eigenvalue weighted by Crippen LogP contribution is 2.43. The first-order valence-corrected chi connectivity index (χ1v) is 13.6. The molecule has 1 saturated heterocycles. The second-order valence-electron chi connectivity index (χ2n) is 10.5. The van der Waals surface area contributed by atoms with Gasteiger partial charge in [0.05, 0.1) is 6.10 Å². The average Bonchev–Trinajstić information content (AvgIpc) is 2.86. The molecule has 1 aliphatic heterocycles. The number of carbonyl (C=O) groups is 1. The van der Waals surface area contributed by atoms with Crippen molar-refractivity contribution in [2.24, 2.45) is 17.1 Å². The highest BCUT2D eigenvalue weighted by Gasteiger charge is 2.41. The lowest BCUT2D eigenvalue weighted by atomic mass is 9.74. The molecule has 3 N–H and O–H groups in total. The number of piperidine rings is 1. The van der Waals surface area contributed by atoms with Gasteiger partial charge in [0, 0.05) is 50.9 Å². The summed E-state index contributed by atoms with van der Waals surface area (Å²) in [4.78, 5) is 15.3. The SMILES string of the molecule is CCOCCCOC(c1ccccc1)C1(C)CCCN(C(=O)NC(CN)CC2CCCCC2)C1. The third-order valence-electron chi connectivity index (χ3n) is 7.63. The zero-order valence-corrected chi connectivity index (χ0v) is 21.5. The first-order chi connectivity index (χ1) is 16.6. The third-order valence-corrected chi connectivity index (χ3v) is 7.63. The maximum atomic E-state index is 13.3. The number of amides is 2. The fourth-order valence-corrected chi connectivity index (χ4v) is 5.79. The molecule has 0 spiro atoms. The van der Waals surface area contributed by atoms with E-state index in [2.05, 4.69) is 36.5 Å². The van der Waals surface area contributed by atoms with Crippen LogP contribution in [-0.4, -0.2) is 56.4 Å². The summed E-state index contributed by atoms with van der Waals surface area (Å²) < 4.78 is 12.0. The van der Waals surface area contributed by atoms with Gasteiger partial charge in [0.1, 0.15) is 0 Å². The Balaban J connectivity index is 1.62. The molecule has 0 aromatic heterocycles. The van der Waals surface area contributed by atoms with E-state index in [1.54, 1.807) is 0 Å². The summed E-state index contributed by atoms with van der Waals surface area (Å²) in [5, 5.41) is 3.27. The van der Waals surface area contributed by atoms with Crippen molar-refractivity contribution in [2.75, 3.05) is 39.5 Å². The maximum Gasteiger partial charge on any atom is 0.317 e. The van der Waals surface area contributed by atoms with Crippen molar-refractivity contribution in [3.05, 3.63) is 35.9 Å². The van der Waals surface area contributed by atoms with Crippen LogP contribution in [0.5, 0.6) is 0 Å². The molecule has 3 atom stereocenters. The van der Waals surface area contributed by atoms with Gasteiger partial charge in [-0.05, 0) is 44.1 Å². The second-order valence-corrected chi connectivity index (χ2v) is 10.5. The molecule has 3 unspecified atom stereocenters. The van der Waals surface area contributed by atoms with E-state index in [0.717, 1.165) is 38.8 Å². The molecule has 3 rings (SSSR count). The van der Waals surface area contributed by atoms with Crippen LogP contribution in [0.25, 0.3) is 0 Å². The summed E-state index contributed by atoms with van der Waals surface area (Å²) in [7, 11) is 0. The number of hydrogen-bond donors (Lipinski definition) is 2. The lowest BCUT2D eigenvalue weighted by molar-refractivity contribution is -0.0671. The molecule has 1 heterocycles. The fraction of sp³-hybridized carbons (Fsp3) is 0.750. The van der Waals surface area contributed by atoms with Crippen LogP contribution in [0, 0.1) is 11.3 Å². The van der Waals surface area contributed by atoms with Crippen molar-refractivity contribution < 1.29 is 14.3 Å². The Morgan fingerprint density at radius 3 is 2.65 bits per heavy atom. The predicted molar refractivity (Wildman–Crippen MR) is 138 cm³/mol. The minimum Gasteiger partial charge on any atom is -0.382 e. The van der Waals surface area contributed by atoms with Gasteiger partial charge in [0.25, 0.3) is 0 Å². The topological polar surface area (TPSA) is 76.8 Å². The normalized spacial score (nSPS) is 23.4. The van der Waals surface area contributed by atoms with Crippen LogP contribution in [0.4, 0.5) is 4.79 Å². The third kappa shape index (κ3) is 7.96. The molecule has 1 aromatic rings. The number of nitrogens with two attached hydrogens (primary N) is 1. The fourth-order valence-electron chi connectivity index (χ4n) is 5.79. The van der Waals surface area contributed by atoms with Gasteiger partial charge >= 0.3 is 6.03 Å². The molecule has 0 radical (unpaired) electrons. The summed E-state index contributed by atoms with van der Waals surface area (Å²) in [6.07, 6.45) is 10.3. The molecule has 192 valence electrons. The van der Waals surface area contributed by atoms with Crippen LogP contribution in [0.15, 0.2) is 30.3 Å². The van der Waals surface area contributed by atoms with E-state index in [0.29, 0.717) is 32.2 Å². The zero-order chi connectivity index (χ0) is 24.2. The van der Waals surface area contributed by atoms with Gasteiger partial charge < -0.3 is 25.4 Å². The largest absolute Gasteiger partial charge is 0.382 e. The van der Waals surface area contributed by atoms with Crippen molar-refractivity contribution in [2.45, 2.75) is 83.8 Å². The monoisotopic (exact) mass is 473 g/mol. The van der Waals surface area contributed by atoms with Gasteiger partial charge in [-0.25, -0.2) is 4.79 Å². The minimum atomic E-state index is -0.149. The lowest BCUT2D eigenvalue weighted by Gasteiger charge is -2.45. The highest BCUT2D eigenvalue weighted by atomic mass is 16.5. The molecule has 6 nitrogen and oxygen atoms in total. The van der Waals surface area contributed by atoms with E-state index in [4.69, 9.17) is 15.2 Å². The Hall–Kier alpha value is -1.63. The summed E-state index contributed by atoms with van der Waals surface area (Å²) in [5.74, 6) is 0.696. The molecular weight excluding hydrogens is 426 g/mol. The predicted octanol–water partition coefficient (Wildman–Crippen LogP) is 5.28. The summed E-state index contributed by atoms with van der Waals surface area (Å²) in [6.45, 7) is 8.36. The van der Waals surface area contributed by atoms with Crippen LogP contribution in [0.3, 0.4) is 0 Å². The molecule has 6 heteroatoms. The lowest BCUT2D eigenvalue weighted by Crippen LogP contribution is -2.54. The quantitative estimate of drug-likeness (QED) is 0.405. The Bertz CT molecular complexity index is 710. The number of hydrogen-bond acceptors (Lipinski definition) is 4. The molecule has 1 aromatic carbocycles. The second kappa shape index (κ2) is 14.1. The number of benzene rings is 1. The summed E-state index contributed by atoms with van der Waals surface area (Å²) in [6, 6.07) is 10.6. The Kier molecular flexibility index (Phi) is 11.1. The van der Waals surface area contributed by atoms with Crippen molar-refractivity contribution in [3.8, 4) is 0 Å². The maximum absolute atomic E-state index is 13.3. The molecular formula is C28H47N3O3. The summed E-state index contributed by atoms with van der Waals surface area (Å²) >= 11 is 0. The van der Waals surface area contributed by atoms with Gasteiger partial charge in [-0.2, -0.15) is 0 Å². The van der Waals surface area contributed by atoms with E-state index < -0.39 is 0 Å². The number of nitrogens with zero attached hydrogens (tertiary/aromatic N) is 1. The first-order valence-electron chi connectivity index (χ1n) is 13.6. The zero-order valence-electron chi connectivity index (χ0n) is 21.5. The van der Waals surface area contributed by atoms with Gasteiger partial charge in [-0.15, -0.1) is 0 Å². The molecule has 34 heavy (non-hydrogen) atoms. The molecule has 2 aliphatic rings. The smallest absolute Gasteiger partial charge is 0.317 e. The van der Waals surface area contributed by atoms with Crippen molar-refractivity contribution >= 4 is 6.03 Å². The molecule has 1 aliphatic carbocycles. The van der Waals surface area contributed by atoms with E-state index in [1.165, 1.54) is 37.7 Å². The molecule has 1 saturated carbocycles. The number of nitrogens with one attached hydrogen (secondary N) is 1. The van der Waals surface area contributed by atoms with Gasteiger partial charge in [-0.3, -0.25) is 0 Å². The number of rotatable bonds is 12. The molecule has 0 bridgehead atoms. The standard InChI is InChI=1S/C28H47N3O3/c1-3-33-18-11-19-34-26(24-14-8-5-9-15-24)28(2)16-10-17-31(22-28)27(32)30-25(21-29)20-23-12-6-4-7-13-23/h5,8-9,14-15,23,25-26H,3-4,6-7,10-13,16-22,29H2,1-2H3,(H,30,32). The molecule has 2 fully saturated rings. The summed E-state index contributed by atoms with van der Waals surface area (Å²) in [5.41, 5.74) is 7.10. The van der Waals surface area contributed by atoms with Crippen LogP contribution in [-0.2, 0) is 9.47 Å². The van der Waals surface area contributed by atoms with Crippen LogP contribution < -0.4 is 11.1 Å². The van der Waals surface area contributed by atoms with Crippen LogP contribution >= 0.6 is 0 Å². The number of ether oxygens (including phenoxy) is 2. The van der Waals surface area contributed by atoms with Gasteiger partial charge in [0.2, 0.25) is 0 Å². The Morgan fingerprint density at radius 2 is 1.94 bits per heavy atom. The van der Waals surface area contributed by atoms with Crippen molar-refractivity contribution in [1.29, 1.82) is 0 Å². The number of carbonyl (C=O) groups excluding carboxylic acids is 1. The number of likely N-dealkylation sites (tertiary alicyclic amines) is 1. The van der Waals surface area contributed by atoms with E-state index >= 15 is 0 Å². The molecule has 2 amide bonds. The van der Waals surface area contributed by atoms with Crippen molar-refractivity contribution in [3.63, 3.8) is 0 Å². The van der Waals surface area contributed by atoms with Crippen LogP contribution in [0.2, 0.25) is 0 Å². The Morgan fingerprint density at radius 1 is 1.18 bits per heavy atom. The number of urea groups is 1. The highest BCUT2D eigenvalue weighted by molar-refractivity contribution is 5.74. The minimum absolute atomic E-state index is 0.0281. The average molecular weight is 474 g/mol. The first kappa shape index (κ1) is 27.0. The van der Waals surface area contributed by atoms with Crippen molar-refractivity contribution in [1.82, 2.24) is 10.2 Å². The van der Waals surface area contributed by atoms with Gasteiger partial charge in [0.15, 0.2) is 0 Å².